The predicted octanol–water partition coefficient (Wildman–Crippen LogP) is 2.19. The highest BCUT2D eigenvalue weighted by Crippen LogP contribution is 2.17. The topological polar surface area (TPSA) is 41.6 Å². The molecule has 0 atom stereocenters. The fourth-order valence-corrected chi connectivity index (χ4v) is 1.44. The van der Waals surface area contributed by atoms with Gasteiger partial charge in [-0.3, -0.25) is 0 Å². The molecule has 3 nitrogen and oxygen atoms in total. The van der Waals surface area contributed by atoms with Gasteiger partial charge < -0.3 is 4.98 Å². The highest BCUT2D eigenvalue weighted by atomic mass is 32.2. The van der Waals surface area contributed by atoms with Gasteiger partial charge in [0.15, 0.2) is 5.16 Å². The van der Waals surface area contributed by atoms with Gasteiger partial charge in [0.1, 0.15) is 0 Å². The zero-order valence-electron chi connectivity index (χ0n) is 7.19. The number of rotatable bonds is 2. The molecule has 1 N–H and O–H groups in total. The smallest absolute Gasteiger partial charge is 0.187 e. The molecule has 0 aromatic carbocycles. The first kappa shape index (κ1) is 8.31. The third kappa shape index (κ3) is 1.72. The van der Waals surface area contributed by atoms with Crippen molar-refractivity contribution in [3.8, 4) is 11.3 Å². The van der Waals surface area contributed by atoms with Gasteiger partial charge in [0, 0.05) is 24.2 Å². The van der Waals surface area contributed by atoms with Crippen LogP contribution in [0.4, 0.5) is 0 Å². The van der Waals surface area contributed by atoms with E-state index in [2.05, 4.69) is 15.0 Å². The lowest BCUT2D eigenvalue weighted by atomic mass is 10.2. The van der Waals surface area contributed by atoms with Crippen LogP contribution in [-0.2, 0) is 0 Å². The summed E-state index contributed by atoms with van der Waals surface area (Å²) in [5.41, 5.74) is 2.05. The number of aromatic amines is 1. The summed E-state index contributed by atoms with van der Waals surface area (Å²) in [5.74, 6) is 0. The molecule has 4 heteroatoms. The number of nitrogens with zero attached hydrogens (tertiary/aromatic N) is 2. The van der Waals surface area contributed by atoms with Crippen molar-refractivity contribution >= 4 is 11.8 Å². The first-order valence-electron chi connectivity index (χ1n) is 3.90. The Morgan fingerprint density at radius 2 is 2.31 bits per heavy atom. The Morgan fingerprint density at radius 1 is 1.38 bits per heavy atom. The molecule has 2 aromatic rings. The summed E-state index contributed by atoms with van der Waals surface area (Å²) in [7, 11) is 0. The Hall–Kier alpha value is -1.29. The molecule has 0 spiro atoms. The van der Waals surface area contributed by atoms with E-state index in [4.69, 9.17) is 0 Å². The van der Waals surface area contributed by atoms with Gasteiger partial charge in [0.05, 0.1) is 5.69 Å². The molecule has 0 saturated carbocycles. The SMILES string of the molecule is CSc1nccc(-c2cc[nH]c2)n1. The molecule has 13 heavy (non-hydrogen) atoms. The van der Waals surface area contributed by atoms with Crippen LogP contribution in [0.15, 0.2) is 35.9 Å². The van der Waals surface area contributed by atoms with Gasteiger partial charge in [0.2, 0.25) is 0 Å². The second-order valence-corrected chi connectivity index (χ2v) is 3.30. The molecule has 0 unspecified atom stereocenters. The van der Waals surface area contributed by atoms with Crippen molar-refractivity contribution in [1.29, 1.82) is 0 Å². The van der Waals surface area contributed by atoms with Crippen LogP contribution in [-0.4, -0.2) is 21.2 Å². The number of thioether (sulfide) groups is 1. The van der Waals surface area contributed by atoms with Crippen LogP contribution < -0.4 is 0 Å². The van der Waals surface area contributed by atoms with E-state index < -0.39 is 0 Å². The van der Waals surface area contributed by atoms with Crippen molar-refractivity contribution in [1.82, 2.24) is 15.0 Å². The lowest BCUT2D eigenvalue weighted by Gasteiger charge is -1.97. The van der Waals surface area contributed by atoms with Crippen molar-refractivity contribution in [3.63, 3.8) is 0 Å². The fraction of sp³-hybridized carbons (Fsp3) is 0.111. The lowest BCUT2D eigenvalue weighted by molar-refractivity contribution is 0.976. The third-order valence-electron chi connectivity index (χ3n) is 1.71. The number of hydrogen-bond acceptors (Lipinski definition) is 3. The van der Waals surface area contributed by atoms with Gasteiger partial charge in [-0.1, -0.05) is 11.8 Å². The second kappa shape index (κ2) is 3.62. The number of hydrogen-bond donors (Lipinski definition) is 1. The molecule has 0 aliphatic heterocycles. The standard InChI is InChI=1S/C9H9N3S/c1-13-9-11-5-3-8(12-9)7-2-4-10-6-7/h2-6,10H,1H3. The molecule has 0 aliphatic carbocycles. The van der Waals surface area contributed by atoms with E-state index in [9.17, 15) is 0 Å². The third-order valence-corrected chi connectivity index (χ3v) is 2.27. The van der Waals surface area contributed by atoms with Crippen LogP contribution in [0.2, 0.25) is 0 Å². The first-order chi connectivity index (χ1) is 6.40. The van der Waals surface area contributed by atoms with Crippen LogP contribution >= 0.6 is 11.8 Å². The molecule has 2 aromatic heterocycles. The molecule has 0 aliphatic rings. The molecule has 2 heterocycles. The quantitative estimate of drug-likeness (QED) is 0.584. The minimum Gasteiger partial charge on any atom is -0.367 e. The van der Waals surface area contributed by atoms with Gasteiger partial charge in [-0.2, -0.15) is 0 Å². The Kier molecular flexibility index (Phi) is 2.31. The molecular weight excluding hydrogens is 182 g/mol. The Morgan fingerprint density at radius 3 is 3.00 bits per heavy atom. The highest BCUT2D eigenvalue weighted by Gasteiger charge is 2.00. The summed E-state index contributed by atoms with van der Waals surface area (Å²) in [6.45, 7) is 0. The summed E-state index contributed by atoms with van der Waals surface area (Å²) in [6.07, 6.45) is 7.56. The highest BCUT2D eigenvalue weighted by molar-refractivity contribution is 7.98. The van der Waals surface area contributed by atoms with E-state index >= 15 is 0 Å². The van der Waals surface area contributed by atoms with Gasteiger partial charge in [0.25, 0.3) is 0 Å². The molecule has 66 valence electrons. The summed E-state index contributed by atoms with van der Waals surface area (Å²) in [4.78, 5) is 11.5. The summed E-state index contributed by atoms with van der Waals surface area (Å²) in [6, 6.07) is 3.90. The number of aromatic nitrogens is 3. The maximum absolute atomic E-state index is 4.37. The molecule has 0 saturated heterocycles. The van der Waals surface area contributed by atoms with Crippen molar-refractivity contribution in [2.75, 3.05) is 6.26 Å². The molecule has 0 amide bonds. The normalized spacial score (nSPS) is 10.2. The minimum absolute atomic E-state index is 0.804. The van der Waals surface area contributed by atoms with Crippen molar-refractivity contribution in [2.45, 2.75) is 5.16 Å². The summed E-state index contributed by atoms with van der Waals surface area (Å²) >= 11 is 1.55. The predicted molar refractivity (Wildman–Crippen MR) is 53.6 cm³/mol. The first-order valence-corrected chi connectivity index (χ1v) is 5.13. The molecular formula is C9H9N3S. The molecule has 0 radical (unpaired) electrons. The average molecular weight is 191 g/mol. The molecule has 0 bridgehead atoms. The second-order valence-electron chi connectivity index (χ2n) is 2.53. The van der Waals surface area contributed by atoms with Crippen molar-refractivity contribution < 1.29 is 0 Å². The van der Waals surface area contributed by atoms with Crippen LogP contribution in [0.3, 0.4) is 0 Å². The number of nitrogens with one attached hydrogen (secondary N) is 1. The largest absolute Gasteiger partial charge is 0.367 e. The Bertz CT molecular complexity index is 384. The molecule has 0 fully saturated rings. The fourth-order valence-electron chi connectivity index (χ4n) is 1.08. The average Bonchev–Trinajstić information content (AvgIpc) is 2.71. The maximum atomic E-state index is 4.37. The summed E-state index contributed by atoms with van der Waals surface area (Å²) < 4.78 is 0. The summed E-state index contributed by atoms with van der Waals surface area (Å²) in [5, 5.41) is 0.804. The van der Waals surface area contributed by atoms with E-state index in [0.717, 1.165) is 16.4 Å². The van der Waals surface area contributed by atoms with Crippen molar-refractivity contribution in [3.05, 3.63) is 30.7 Å². The van der Waals surface area contributed by atoms with Crippen molar-refractivity contribution in [2.24, 2.45) is 0 Å². The van der Waals surface area contributed by atoms with Crippen LogP contribution in [0.25, 0.3) is 11.3 Å². The molecule has 2 rings (SSSR count). The van der Waals surface area contributed by atoms with Crippen LogP contribution in [0.5, 0.6) is 0 Å². The van der Waals surface area contributed by atoms with Gasteiger partial charge in [-0.25, -0.2) is 9.97 Å². The van der Waals surface area contributed by atoms with Gasteiger partial charge >= 0.3 is 0 Å². The van der Waals surface area contributed by atoms with E-state index in [1.165, 1.54) is 0 Å². The van der Waals surface area contributed by atoms with Crippen LogP contribution in [0, 0.1) is 0 Å². The maximum Gasteiger partial charge on any atom is 0.187 e. The van der Waals surface area contributed by atoms with E-state index in [0.29, 0.717) is 0 Å². The zero-order chi connectivity index (χ0) is 9.10. The lowest BCUT2D eigenvalue weighted by Crippen LogP contribution is -1.87. The van der Waals surface area contributed by atoms with E-state index in [-0.39, 0.29) is 0 Å². The monoisotopic (exact) mass is 191 g/mol. The van der Waals surface area contributed by atoms with Crippen LogP contribution in [0.1, 0.15) is 0 Å². The number of H-pyrrole nitrogens is 1. The Balaban J connectivity index is 2.41. The van der Waals surface area contributed by atoms with E-state index in [1.807, 2.05) is 30.8 Å². The zero-order valence-corrected chi connectivity index (χ0v) is 8.01. The van der Waals surface area contributed by atoms with Gasteiger partial charge in [-0.15, -0.1) is 0 Å². The Labute approximate surface area is 80.6 Å². The van der Waals surface area contributed by atoms with Gasteiger partial charge in [-0.05, 0) is 18.4 Å². The van der Waals surface area contributed by atoms with E-state index in [1.54, 1.807) is 18.0 Å². The minimum atomic E-state index is 0.804.